The van der Waals surface area contributed by atoms with Gasteiger partial charge in [-0.2, -0.15) is 0 Å². The second-order valence-corrected chi connectivity index (χ2v) is 4.35. The van der Waals surface area contributed by atoms with Crippen LogP contribution in [0.15, 0.2) is 41.2 Å². The fourth-order valence-corrected chi connectivity index (χ4v) is 2.18. The Hall–Kier alpha value is -1.77. The van der Waals surface area contributed by atoms with Gasteiger partial charge >= 0.3 is 0 Å². The van der Waals surface area contributed by atoms with Crippen LogP contribution in [-0.4, -0.2) is 9.36 Å². The molecule has 1 aromatic carbocycles. The number of aromatic nitrogens is 2. The molecule has 1 fully saturated rings. The van der Waals surface area contributed by atoms with E-state index in [-0.39, 0.29) is 5.56 Å². The molecule has 0 N–H and O–H groups in total. The van der Waals surface area contributed by atoms with E-state index in [1.807, 2.05) is 42.1 Å². The van der Waals surface area contributed by atoms with Crippen molar-refractivity contribution in [2.45, 2.75) is 18.8 Å². The zero-order chi connectivity index (χ0) is 11.1. The highest BCUT2D eigenvalue weighted by Crippen LogP contribution is 2.39. The molecule has 0 radical (unpaired) electrons. The van der Waals surface area contributed by atoms with E-state index in [2.05, 4.69) is 0 Å². The summed E-state index contributed by atoms with van der Waals surface area (Å²) in [7, 11) is 1.96. The minimum Gasteiger partial charge on any atom is -0.285 e. The topological polar surface area (TPSA) is 26.9 Å². The average molecular weight is 214 g/mol. The van der Waals surface area contributed by atoms with Crippen LogP contribution in [0.3, 0.4) is 0 Å². The normalized spacial score (nSPS) is 15.3. The molecule has 1 aromatic heterocycles. The van der Waals surface area contributed by atoms with Crippen molar-refractivity contribution in [3.63, 3.8) is 0 Å². The van der Waals surface area contributed by atoms with Gasteiger partial charge in [-0.25, -0.2) is 4.68 Å². The molecule has 1 aliphatic carbocycles. The number of para-hydroxylation sites is 1. The summed E-state index contributed by atoms with van der Waals surface area (Å²) in [6.45, 7) is 0. The van der Waals surface area contributed by atoms with Crippen LogP contribution in [0.25, 0.3) is 5.69 Å². The van der Waals surface area contributed by atoms with Crippen molar-refractivity contribution >= 4 is 0 Å². The Kier molecular flexibility index (Phi) is 1.99. The van der Waals surface area contributed by atoms with E-state index in [9.17, 15) is 4.79 Å². The third-order valence-electron chi connectivity index (χ3n) is 3.15. The number of hydrogen-bond acceptors (Lipinski definition) is 1. The summed E-state index contributed by atoms with van der Waals surface area (Å²) in [6.07, 6.45) is 2.43. The molecular formula is C13H14N2O. The first kappa shape index (κ1) is 9.46. The van der Waals surface area contributed by atoms with Gasteiger partial charge in [0.2, 0.25) is 0 Å². The maximum absolute atomic E-state index is 11.9. The molecule has 3 heteroatoms. The molecule has 1 heterocycles. The Morgan fingerprint density at radius 2 is 1.88 bits per heavy atom. The smallest absolute Gasteiger partial charge is 0.271 e. The molecule has 2 aromatic rings. The number of hydrogen-bond donors (Lipinski definition) is 0. The quantitative estimate of drug-likeness (QED) is 0.751. The van der Waals surface area contributed by atoms with E-state index in [0.29, 0.717) is 5.92 Å². The second-order valence-electron chi connectivity index (χ2n) is 4.35. The SMILES string of the molecule is Cn1c(C2CC2)cc(=O)n1-c1ccccc1. The third kappa shape index (κ3) is 1.40. The lowest BCUT2D eigenvalue weighted by atomic mass is 10.3. The van der Waals surface area contributed by atoms with Gasteiger partial charge in [0.05, 0.1) is 5.69 Å². The fraction of sp³-hybridized carbons (Fsp3) is 0.308. The number of benzene rings is 1. The Morgan fingerprint density at radius 3 is 2.50 bits per heavy atom. The van der Waals surface area contributed by atoms with Crippen LogP contribution in [0.2, 0.25) is 0 Å². The fourth-order valence-electron chi connectivity index (χ4n) is 2.18. The lowest BCUT2D eigenvalue weighted by molar-refractivity contribution is 0.616. The van der Waals surface area contributed by atoms with Crippen molar-refractivity contribution in [3.8, 4) is 5.69 Å². The Morgan fingerprint density at radius 1 is 1.19 bits per heavy atom. The van der Waals surface area contributed by atoms with E-state index in [0.717, 1.165) is 11.4 Å². The van der Waals surface area contributed by atoms with Crippen molar-refractivity contribution in [1.29, 1.82) is 0 Å². The number of rotatable bonds is 2. The first-order chi connectivity index (χ1) is 7.77. The molecule has 1 aliphatic rings. The average Bonchev–Trinajstić information content (AvgIpc) is 3.07. The van der Waals surface area contributed by atoms with E-state index < -0.39 is 0 Å². The third-order valence-corrected chi connectivity index (χ3v) is 3.15. The second kappa shape index (κ2) is 3.37. The van der Waals surface area contributed by atoms with Crippen LogP contribution in [0, 0.1) is 0 Å². The summed E-state index contributed by atoms with van der Waals surface area (Å²) in [5.41, 5.74) is 2.16. The van der Waals surface area contributed by atoms with Crippen LogP contribution in [0.4, 0.5) is 0 Å². The van der Waals surface area contributed by atoms with Crippen LogP contribution < -0.4 is 5.56 Å². The molecule has 0 amide bonds. The molecule has 3 rings (SSSR count). The Balaban J connectivity index is 2.17. The molecule has 16 heavy (non-hydrogen) atoms. The van der Waals surface area contributed by atoms with Crippen LogP contribution >= 0.6 is 0 Å². The molecule has 0 spiro atoms. The van der Waals surface area contributed by atoms with E-state index >= 15 is 0 Å². The number of nitrogens with zero attached hydrogens (tertiary/aromatic N) is 2. The predicted octanol–water partition coefficient (Wildman–Crippen LogP) is 2.05. The highest BCUT2D eigenvalue weighted by molar-refractivity contribution is 5.31. The lowest BCUT2D eigenvalue weighted by Gasteiger charge is -2.09. The van der Waals surface area contributed by atoms with Gasteiger partial charge in [-0.3, -0.25) is 9.48 Å². The maximum atomic E-state index is 11.9. The van der Waals surface area contributed by atoms with Crippen molar-refractivity contribution in [2.24, 2.45) is 7.05 Å². The first-order valence-corrected chi connectivity index (χ1v) is 5.62. The van der Waals surface area contributed by atoms with E-state index in [1.54, 1.807) is 10.7 Å². The lowest BCUT2D eigenvalue weighted by Crippen LogP contribution is -2.19. The standard InChI is InChI=1S/C13H14N2O/c1-14-12(10-7-8-10)9-13(16)15(14)11-5-3-2-4-6-11/h2-6,9-10H,7-8H2,1H3. The summed E-state index contributed by atoms with van der Waals surface area (Å²) in [6, 6.07) is 11.5. The first-order valence-electron chi connectivity index (χ1n) is 5.62. The van der Waals surface area contributed by atoms with Crippen LogP contribution in [0.1, 0.15) is 24.5 Å². The summed E-state index contributed by atoms with van der Waals surface area (Å²) >= 11 is 0. The van der Waals surface area contributed by atoms with Crippen molar-refractivity contribution in [3.05, 3.63) is 52.4 Å². The summed E-state index contributed by atoms with van der Waals surface area (Å²) in [5, 5.41) is 0. The predicted molar refractivity (Wildman–Crippen MR) is 63.0 cm³/mol. The van der Waals surface area contributed by atoms with Gasteiger partial charge in [-0.05, 0) is 25.0 Å². The van der Waals surface area contributed by atoms with Crippen LogP contribution in [-0.2, 0) is 7.05 Å². The highest BCUT2D eigenvalue weighted by Gasteiger charge is 2.28. The summed E-state index contributed by atoms with van der Waals surface area (Å²) < 4.78 is 3.71. The van der Waals surface area contributed by atoms with Gasteiger partial charge < -0.3 is 0 Å². The zero-order valence-electron chi connectivity index (χ0n) is 9.26. The van der Waals surface area contributed by atoms with Crippen molar-refractivity contribution in [1.82, 2.24) is 9.36 Å². The molecule has 0 atom stereocenters. The summed E-state index contributed by atoms with van der Waals surface area (Å²) in [4.78, 5) is 11.9. The molecule has 0 aliphatic heterocycles. The molecule has 0 unspecified atom stereocenters. The highest BCUT2D eigenvalue weighted by atomic mass is 16.1. The minimum absolute atomic E-state index is 0.0654. The van der Waals surface area contributed by atoms with E-state index in [1.165, 1.54) is 12.8 Å². The van der Waals surface area contributed by atoms with Gasteiger partial charge in [0.15, 0.2) is 0 Å². The Bertz CT molecular complexity index is 561. The van der Waals surface area contributed by atoms with Gasteiger partial charge in [0.1, 0.15) is 0 Å². The summed E-state index contributed by atoms with van der Waals surface area (Å²) in [5.74, 6) is 0.600. The van der Waals surface area contributed by atoms with Gasteiger partial charge in [-0.1, -0.05) is 18.2 Å². The Labute approximate surface area is 93.9 Å². The largest absolute Gasteiger partial charge is 0.285 e. The molecule has 3 nitrogen and oxygen atoms in total. The zero-order valence-corrected chi connectivity index (χ0v) is 9.26. The van der Waals surface area contributed by atoms with Gasteiger partial charge in [-0.15, -0.1) is 0 Å². The molecular weight excluding hydrogens is 200 g/mol. The van der Waals surface area contributed by atoms with Crippen molar-refractivity contribution < 1.29 is 0 Å². The minimum atomic E-state index is 0.0654. The molecule has 0 saturated heterocycles. The molecule has 82 valence electrons. The van der Waals surface area contributed by atoms with Crippen molar-refractivity contribution in [2.75, 3.05) is 0 Å². The molecule has 1 saturated carbocycles. The maximum Gasteiger partial charge on any atom is 0.271 e. The van der Waals surface area contributed by atoms with E-state index in [4.69, 9.17) is 0 Å². The molecule has 0 bridgehead atoms. The monoisotopic (exact) mass is 214 g/mol. The van der Waals surface area contributed by atoms with Gasteiger partial charge in [0.25, 0.3) is 5.56 Å². The van der Waals surface area contributed by atoms with Crippen LogP contribution in [0.5, 0.6) is 0 Å². The van der Waals surface area contributed by atoms with Gasteiger partial charge in [0, 0.05) is 24.7 Å².